The summed E-state index contributed by atoms with van der Waals surface area (Å²) in [5.41, 5.74) is 2.66. The highest BCUT2D eigenvalue weighted by molar-refractivity contribution is 5.95. The predicted octanol–water partition coefficient (Wildman–Crippen LogP) is 2.43. The van der Waals surface area contributed by atoms with E-state index in [-0.39, 0.29) is 24.3 Å². The van der Waals surface area contributed by atoms with Gasteiger partial charge in [0.15, 0.2) is 0 Å². The van der Waals surface area contributed by atoms with Gasteiger partial charge in [0.25, 0.3) is 5.91 Å². The minimum atomic E-state index is -0.593. The number of aryl methyl sites for hydroxylation is 2. The fourth-order valence-corrected chi connectivity index (χ4v) is 3.15. The first-order valence-electron chi connectivity index (χ1n) is 8.07. The Morgan fingerprint density at radius 1 is 1.33 bits per heavy atom. The van der Waals surface area contributed by atoms with E-state index in [0.717, 1.165) is 5.56 Å². The SMILES string of the molecule is CCc1nnc(C)cc1C(=O)N1C[C@@H](O)C[C@H]1c1ccc(F)cc1. The van der Waals surface area contributed by atoms with Gasteiger partial charge in [-0.25, -0.2) is 4.39 Å². The van der Waals surface area contributed by atoms with Crippen molar-refractivity contribution in [3.05, 3.63) is 58.7 Å². The largest absolute Gasteiger partial charge is 0.391 e. The number of amides is 1. The number of hydrogen-bond donors (Lipinski definition) is 1. The van der Waals surface area contributed by atoms with Crippen LogP contribution in [0.3, 0.4) is 0 Å². The summed E-state index contributed by atoms with van der Waals surface area (Å²) in [6.45, 7) is 3.97. The number of carbonyl (C=O) groups excluding carboxylic acids is 1. The van der Waals surface area contributed by atoms with E-state index >= 15 is 0 Å². The highest BCUT2D eigenvalue weighted by Crippen LogP contribution is 2.33. The van der Waals surface area contributed by atoms with Crippen LogP contribution in [-0.4, -0.2) is 38.8 Å². The molecule has 1 aromatic carbocycles. The van der Waals surface area contributed by atoms with E-state index in [1.165, 1.54) is 12.1 Å². The predicted molar refractivity (Wildman–Crippen MR) is 86.9 cm³/mol. The zero-order valence-corrected chi connectivity index (χ0v) is 13.7. The summed E-state index contributed by atoms with van der Waals surface area (Å²) < 4.78 is 13.2. The van der Waals surface area contributed by atoms with Crippen LogP contribution in [0.2, 0.25) is 0 Å². The van der Waals surface area contributed by atoms with Crippen LogP contribution in [0, 0.1) is 12.7 Å². The van der Waals surface area contributed by atoms with Crippen LogP contribution in [0.1, 0.15) is 46.7 Å². The Hall–Kier alpha value is -2.34. The number of carbonyl (C=O) groups is 1. The molecule has 0 unspecified atom stereocenters. The van der Waals surface area contributed by atoms with E-state index in [0.29, 0.717) is 29.8 Å². The second-order valence-electron chi connectivity index (χ2n) is 6.11. The molecule has 2 atom stereocenters. The minimum absolute atomic E-state index is 0.171. The number of nitrogens with zero attached hydrogens (tertiary/aromatic N) is 3. The highest BCUT2D eigenvalue weighted by Gasteiger charge is 2.36. The smallest absolute Gasteiger partial charge is 0.256 e. The molecule has 1 aliphatic heterocycles. The number of β-amino-alcohol motifs (C(OH)–C–C–N with tert-alkyl or cyclic N) is 1. The Bertz CT molecular complexity index is 748. The van der Waals surface area contributed by atoms with E-state index < -0.39 is 6.10 Å². The van der Waals surface area contributed by atoms with E-state index in [1.807, 2.05) is 6.92 Å². The quantitative estimate of drug-likeness (QED) is 0.939. The fourth-order valence-electron chi connectivity index (χ4n) is 3.15. The van der Waals surface area contributed by atoms with E-state index in [2.05, 4.69) is 10.2 Å². The van der Waals surface area contributed by atoms with Gasteiger partial charge in [-0.3, -0.25) is 4.79 Å². The van der Waals surface area contributed by atoms with E-state index in [4.69, 9.17) is 0 Å². The van der Waals surface area contributed by atoms with Crippen LogP contribution in [0.15, 0.2) is 30.3 Å². The number of benzene rings is 1. The molecule has 126 valence electrons. The molecule has 0 spiro atoms. The number of halogens is 1. The van der Waals surface area contributed by atoms with E-state index in [1.54, 1.807) is 30.0 Å². The third kappa shape index (κ3) is 3.14. The van der Waals surface area contributed by atoms with Crippen molar-refractivity contribution in [1.29, 1.82) is 0 Å². The summed E-state index contributed by atoms with van der Waals surface area (Å²) in [6, 6.07) is 7.53. The molecule has 2 aromatic rings. The first kappa shape index (κ1) is 16.5. The van der Waals surface area contributed by atoms with Crippen molar-refractivity contribution >= 4 is 5.91 Å². The molecule has 1 N–H and O–H groups in total. The number of aromatic nitrogens is 2. The van der Waals surface area contributed by atoms with Crippen molar-refractivity contribution < 1.29 is 14.3 Å². The summed E-state index contributed by atoms with van der Waals surface area (Å²) >= 11 is 0. The van der Waals surface area contributed by atoms with Crippen LogP contribution in [0.5, 0.6) is 0 Å². The average Bonchev–Trinajstić information content (AvgIpc) is 2.96. The number of likely N-dealkylation sites (tertiary alicyclic amines) is 1. The van der Waals surface area contributed by atoms with Crippen molar-refractivity contribution in [2.75, 3.05) is 6.54 Å². The lowest BCUT2D eigenvalue weighted by molar-refractivity contribution is 0.0713. The molecule has 1 aromatic heterocycles. The maximum Gasteiger partial charge on any atom is 0.256 e. The lowest BCUT2D eigenvalue weighted by Gasteiger charge is -2.25. The van der Waals surface area contributed by atoms with Gasteiger partial charge in [-0.05, 0) is 43.5 Å². The molecular formula is C18H20FN3O2. The second-order valence-corrected chi connectivity index (χ2v) is 6.11. The molecule has 0 aliphatic carbocycles. The molecule has 1 saturated heterocycles. The molecule has 1 aliphatic rings. The lowest BCUT2D eigenvalue weighted by atomic mass is 10.0. The second kappa shape index (κ2) is 6.65. The van der Waals surface area contributed by atoms with Crippen molar-refractivity contribution in [2.24, 2.45) is 0 Å². The standard InChI is InChI=1S/C18H20FN3O2/c1-3-16-15(8-11(2)20-21-16)18(24)22-10-14(23)9-17(22)12-4-6-13(19)7-5-12/h4-8,14,17,23H,3,9-10H2,1-2H3/t14-,17-/m0/s1. The van der Waals surface area contributed by atoms with Gasteiger partial charge in [0.2, 0.25) is 0 Å². The molecule has 6 heteroatoms. The van der Waals surface area contributed by atoms with Gasteiger partial charge in [-0.15, -0.1) is 0 Å². The van der Waals surface area contributed by atoms with Gasteiger partial charge in [0.05, 0.1) is 29.1 Å². The molecule has 0 radical (unpaired) electrons. The molecule has 3 rings (SSSR count). The summed E-state index contributed by atoms with van der Waals surface area (Å²) in [6.07, 6.45) is 0.451. The first-order chi connectivity index (χ1) is 11.5. The Morgan fingerprint density at radius 3 is 2.71 bits per heavy atom. The van der Waals surface area contributed by atoms with Crippen LogP contribution in [-0.2, 0) is 6.42 Å². The first-order valence-corrected chi connectivity index (χ1v) is 8.07. The van der Waals surface area contributed by atoms with Gasteiger partial charge in [0, 0.05) is 6.54 Å². The topological polar surface area (TPSA) is 66.3 Å². The monoisotopic (exact) mass is 329 g/mol. The third-order valence-corrected chi connectivity index (χ3v) is 4.35. The van der Waals surface area contributed by atoms with Crippen LogP contribution >= 0.6 is 0 Å². The average molecular weight is 329 g/mol. The summed E-state index contributed by atoms with van der Waals surface area (Å²) in [4.78, 5) is 14.7. The summed E-state index contributed by atoms with van der Waals surface area (Å²) in [5, 5.41) is 18.2. The number of aliphatic hydroxyl groups excluding tert-OH is 1. The van der Waals surface area contributed by atoms with Gasteiger partial charge in [-0.2, -0.15) is 10.2 Å². The minimum Gasteiger partial charge on any atom is -0.391 e. The van der Waals surface area contributed by atoms with Crippen LogP contribution in [0.25, 0.3) is 0 Å². The molecular weight excluding hydrogens is 309 g/mol. The van der Waals surface area contributed by atoms with E-state index in [9.17, 15) is 14.3 Å². The molecule has 0 bridgehead atoms. The maximum absolute atomic E-state index is 13.2. The molecule has 1 fully saturated rings. The van der Waals surface area contributed by atoms with Crippen LogP contribution < -0.4 is 0 Å². The zero-order chi connectivity index (χ0) is 17.3. The van der Waals surface area contributed by atoms with Gasteiger partial charge >= 0.3 is 0 Å². The molecule has 24 heavy (non-hydrogen) atoms. The number of hydrogen-bond acceptors (Lipinski definition) is 4. The Labute approximate surface area is 140 Å². The number of rotatable bonds is 3. The zero-order valence-electron chi connectivity index (χ0n) is 13.7. The van der Waals surface area contributed by atoms with Gasteiger partial charge < -0.3 is 10.0 Å². The fraction of sp³-hybridized carbons (Fsp3) is 0.389. The number of aliphatic hydroxyl groups is 1. The van der Waals surface area contributed by atoms with Crippen molar-refractivity contribution in [3.63, 3.8) is 0 Å². The van der Waals surface area contributed by atoms with Crippen LogP contribution in [0.4, 0.5) is 4.39 Å². The molecule has 0 saturated carbocycles. The van der Waals surface area contributed by atoms with Crippen molar-refractivity contribution in [2.45, 2.75) is 38.8 Å². The normalized spacial score (nSPS) is 20.4. The maximum atomic E-state index is 13.2. The van der Waals surface area contributed by atoms with Crippen molar-refractivity contribution in [1.82, 2.24) is 15.1 Å². The Kier molecular flexibility index (Phi) is 4.57. The van der Waals surface area contributed by atoms with Crippen molar-refractivity contribution in [3.8, 4) is 0 Å². The molecule has 5 nitrogen and oxygen atoms in total. The highest BCUT2D eigenvalue weighted by atomic mass is 19.1. The van der Waals surface area contributed by atoms with Gasteiger partial charge in [-0.1, -0.05) is 19.1 Å². The Morgan fingerprint density at radius 2 is 2.04 bits per heavy atom. The lowest BCUT2D eigenvalue weighted by Crippen LogP contribution is -2.32. The summed E-state index contributed by atoms with van der Waals surface area (Å²) in [5.74, 6) is -0.492. The third-order valence-electron chi connectivity index (χ3n) is 4.35. The Balaban J connectivity index is 1.95. The van der Waals surface area contributed by atoms with Gasteiger partial charge in [0.1, 0.15) is 5.82 Å². The molecule has 1 amide bonds. The molecule has 2 heterocycles. The summed E-state index contributed by atoms with van der Waals surface area (Å²) in [7, 11) is 0.